The van der Waals surface area contributed by atoms with E-state index in [-0.39, 0.29) is 0 Å². The lowest BCUT2D eigenvalue weighted by Crippen LogP contribution is -2.21. The van der Waals surface area contributed by atoms with Gasteiger partial charge in [-0.25, -0.2) is 0 Å². The van der Waals surface area contributed by atoms with Gasteiger partial charge in [-0.3, -0.25) is 0 Å². The van der Waals surface area contributed by atoms with Crippen LogP contribution in [0.15, 0.2) is 0 Å². The third-order valence-electron chi connectivity index (χ3n) is 1.94. The standard InChI is InChI=1S/C7H11NO/c1-6-2-3-7(9,4-6)5-8/h6,9H,2-4H2,1H3. The van der Waals surface area contributed by atoms with E-state index in [1.54, 1.807) is 0 Å². The maximum absolute atomic E-state index is 9.31. The molecule has 0 radical (unpaired) electrons. The second-order valence-electron chi connectivity index (χ2n) is 2.99. The lowest BCUT2D eigenvalue weighted by molar-refractivity contribution is 0.103. The average molecular weight is 125 g/mol. The molecule has 1 aliphatic rings. The van der Waals surface area contributed by atoms with Crippen LogP contribution >= 0.6 is 0 Å². The minimum absolute atomic E-state index is 0.523. The van der Waals surface area contributed by atoms with Crippen LogP contribution in [0, 0.1) is 17.2 Å². The minimum atomic E-state index is -0.987. The zero-order chi connectivity index (χ0) is 6.91. The van der Waals surface area contributed by atoms with Crippen LogP contribution in [0.4, 0.5) is 0 Å². The molecule has 0 aliphatic heterocycles. The monoisotopic (exact) mass is 125 g/mol. The van der Waals surface area contributed by atoms with Crippen molar-refractivity contribution >= 4 is 0 Å². The summed E-state index contributed by atoms with van der Waals surface area (Å²) in [6.07, 6.45) is 2.30. The largest absolute Gasteiger partial charge is 0.375 e. The van der Waals surface area contributed by atoms with E-state index in [0.717, 1.165) is 6.42 Å². The van der Waals surface area contributed by atoms with Gasteiger partial charge in [0.25, 0.3) is 0 Å². The molecule has 0 aromatic rings. The number of hydrogen-bond acceptors (Lipinski definition) is 2. The predicted octanol–water partition coefficient (Wildman–Crippen LogP) is 1.06. The zero-order valence-corrected chi connectivity index (χ0v) is 5.59. The van der Waals surface area contributed by atoms with Gasteiger partial charge in [-0.15, -0.1) is 0 Å². The first kappa shape index (κ1) is 6.57. The van der Waals surface area contributed by atoms with Crippen molar-refractivity contribution in [2.75, 3.05) is 0 Å². The topological polar surface area (TPSA) is 44.0 Å². The molecule has 1 aliphatic carbocycles. The van der Waals surface area contributed by atoms with E-state index in [1.807, 2.05) is 6.07 Å². The van der Waals surface area contributed by atoms with Gasteiger partial charge in [-0.05, 0) is 25.2 Å². The molecule has 0 aromatic heterocycles. The summed E-state index contributed by atoms with van der Waals surface area (Å²) in [4.78, 5) is 0. The molecular weight excluding hydrogens is 114 g/mol. The van der Waals surface area contributed by atoms with Crippen molar-refractivity contribution in [1.82, 2.24) is 0 Å². The van der Waals surface area contributed by atoms with E-state index in [9.17, 15) is 5.11 Å². The van der Waals surface area contributed by atoms with Crippen molar-refractivity contribution in [1.29, 1.82) is 5.26 Å². The van der Waals surface area contributed by atoms with Crippen LogP contribution in [0.25, 0.3) is 0 Å². The summed E-state index contributed by atoms with van der Waals surface area (Å²) in [6, 6.07) is 1.93. The maximum atomic E-state index is 9.31. The van der Waals surface area contributed by atoms with Gasteiger partial charge in [0.05, 0.1) is 6.07 Å². The summed E-state index contributed by atoms with van der Waals surface area (Å²) < 4.78 is 0. The van der Waals surface area contributed by atoms with Crippen molar-refractivity contribution in [2.24, 2.45) is 5.92 Å². The third kappa shape index (κ3) is 1.22. The number of rotatable bonds is 0. The van der Waals surface area contributed by atoms with Gasteiger partial charge in [0.2, 0.25) is 0 Å². The van der Waals surface area contributed by atoms with Gasteiger partial charge in [0.1, 0.15) is 0 Å². The summed E-state index contributed by atoms with van der Waals surface area (Å²) >= 11 is 0. The van der Waals surface area contributed by atoms with Crippen molar-refractivity contribution in [3.05, 3.63) is 0 Å². The Morgan fingerprint density at radius 3 is 2.67 bits per heavy atom. The highest BCUT2D eigenvalue weighted by atomic mass is 16.3. The van der Waals surface area contributed by atoms with Gasteiger partial charge in [-0.2, -0.15) is 5.26 Å². The summed E-state index contributed by atoms with van der Waals surface area (Å²) in [5.74, 6) is 0.523. The number of nitriles is 1. The van der Waals surface area contributed by atoms with Crippen LogP contribution in [-0.2, 0) is 0 Å². The SMILES string of the molecule is CC1CCC(O)(C#N)C1. The normalized spacial score (nSPS) is 42.6. The third-order valence-corrected chi connectivity index (χ3v) is 1.94. The Bertz CT molecular complexity index is 149. The first-order valence-electron chi connectivity index (χ1n) is 3.30. The molecule has 1 saturated carbocycles. The molecular formula is C7H11NO. The summed E-state index contributed by atoms with van der Waals surface area (Å²) in [7, 11) is 0. The number of aliphatic hydroxyl groups is 1. The van der Waals surface area contributed by atoms with Crippen molar-refractivity contribution in [2.45, 2.75) is 31.8 Å². The fraction of sp³-hybridized carbons (Fsp3) is 0.857. The van der Waals surface area contributed by atoms with E-state index >= 15 is 0 Å². The van der Waals surface area contributed by atoms with Crippen molar-refractivity contribution < 1.29 is 5.11 Å². The average Bonchev–Trinajstić information content (AvgIpc) is 2.13. The molecule has 2 nitrogen and oxygen atoms in total. The molecule has 2 unspecified atom stereocenters. The fourth-order valence-corrected chi connectivity index (χ4v) is 1.37. The van der Waals surface area contributed by atoms with E-state index in [4.69, 9.17) is 5.26 Å². The van der Waals surface area contributed by atoms with Crippen LogP contribution in [0.5, 0.6) is 0 Å². The Morgan fingerprint density at radius 1 is 1.78 bits per heavy atom. The maximum Gasteiger partial charge on any atom is 0.151 e. The van der Waals surface area contributed by atoms with E-state index < -0.39 is 5.60 Å². The van der Waals surface area contributed by atoms with Gasteiger partial charge in [0, 0.05) is 0 Å². The molecule has 1 rings (SSSR count). The second kappa shape index (κ2) is 2.00. The highest BCUT2D eigenvalue weighted by molar-refractivity contribution is 5.04. The minimum Gasteiger partial charge on any atom is -0.375 e. The molecule has 0 amide bonds. The molecule has 2 atom stereocenters. The molecule has 1 N–H and O–H groups in total. The summed E-state index contributed by atoms with van der Waals surface area (Å²) in [5, 5.41) is 17.8. The zero-order valence-electron chi connectivity index (χ0n) is 5.59. The molecule has 50 valence electrons. The summed E-state index contributed by atoms with van der Waals surface area (Å²) in [6.45, 7) is 2.06. The molecule has 0 saturated heterocycles. The Labute approximate surface area is 55.1 Å². The lowest BCUT2D eigenvalue weighted by Gasteiger charge is -2.10. The highest BCUT2D eigenvalue weighted by Gasteiger charge is 2.34. The van der Waals surface area contributed by atoms with Gasteiger partial charge >= 0.3 is 0 Å². The predicted molar refractivity (Wildman–Crippen MR) is 33.6 cm³/mol. The van der Waals surface area contributed by atoms with E-state index in [2.05, 4.69) is 6.92 Å². The van der Waals surface area contributed by atoms with E-state index in [1.165, 1.54) is 0 Å². The molecule has 0 bridgehead atoms. The molecule has 0 spiro atoms. The van der Waals surface area contributed by atoms with Crippen LogP contribution in [0.2, 0.25) is 0 Å². The Morgan fingerprint density at radius 2 is 2.44 bits per heavy atom. The van der Waals surface area contributed by atoms with Gasteiger partial charge < -0.3 is 5.11 Å². The molecule has 9 heavy (non-hydrogen) atoms. The van der Waals surface area contributed by atoms with Crippen LogP contribution in [0.3, 0.4) is 0 Å². The van der Waals surface area contributed by atoms with Crippen molar-refractivity contribution in [3.63, 3.8) is 0 Å². The fourth-order valence-electron chi connectivity index (χ4n) is 1.37. The van der Waals surface area contributed by atoms with Gasteiger partial charge in [-0.1, -0.05) is 6.92 Å². The Hall–Kier alpha value is -0.550. The second-order valence-corrected chi connectivity index (χ2v) is 2.99. The summed E-state index contributed by atoms with van der Waals surface area (Å²) in [5.41, 5.74) is -0.987. The molecule has 1 fully saturated rings. The lowest BCUT2D eigenvalue weighted by atomic mass is 10.0. The van der Waals surface area contributed by atoms with Crippen molar-refractivity contribution in [3.8, 4) is 6.07 Å². The van der Waals surface area contributed by atoms with Gasteiger partial charge in [0.15, 0.2) is 5.60 Å². The Balaban J connectivity index is 2.58. The van der Waals surface area contributed by atoms with Crippen LogP contribution in [0.1, 0.15) is 26.2 Å². The van der Waals surface area contributed by atoms with Crippen LogP contribution in [-0.4, -0.2) is 10.7 Å². The number of nitrogens with zero attached hydrogens (tertiary/aromatic N) is 1. The first-order chi connectivity index (χ1) is 4.16. The molecule has 0 heterocycles. The molecule has 2 heteroatoms. The Kier molecular flexibility index (Phi) is 1.46. The highest BCUT2D eigenvalue weighted by Crippen LogP contribution is 2.33. The smallest absolute Gasteiger partial charge is 0.151 e. The quantitative estimate of drug-likeness (QED) is 0.492. The molecule has 0 aromatic carbocycles. The number of hydrogen-bond donors (Lipinski definition) is 1. The first-order valence-corrected chi connectivity index (χ1v) is 3.30. The van der Waals surface area contributed by atoms with E-state index in [0.29, 0.717) is 18.8 Å². The van der Waals surface area contributed by atoms with Crippen LogP contribution < -0.4 is 0 Å².